The van der Waals surface area contributed by atoms with Gasteiger partial charge in [0.25, 0.3) is 0 Å². The average Bonchev–Trinajstić information content (AvgIpc) is 3.25. The number of benzene rings is 2. The van der Waals surface area contributed by atoms with Gasteiger partial charge in [0.2, 0.25) is 0 Å². The molecular weight excluding hydrogens is 427 g/mol. The van der Waals surface area contributed by atoms with Gasteiger partial charge in [-0.05, 0) is 29.7 Å². The van der Waals surface area contributed by atoms with Crippen LogP contribution in [-0.2, 0) is 15.6 Å². The molecule has 7 nitrogen and oxygen atoms in total. The van der Waals surface area contributed by atoms with Gasteiger partial charge in [-0.1, -0.05) is 6.07 Å². The Hall–Kier alpha value is -3.42. The minimum absolute atomic E-state index is 0.138. The second-order valence-electron chi connectivity index (χ2n) is 6.28. The summed E-state index contributed by atoms with van der Waals surface area (Å²) >= 11 is 1.17. The number of ether oxygens (including phenoxy) is 1. The van der Waals surface area contributed by atoms with Crippen molar-refractivity contribution in [1.82, 2.24) is 15.2 Å². The van der Waals surface area contributed by atoms with E-state index in [4.69, 9.17) is 4.74 Å². The molecule has 4 aromatic rings. The normalized spacial score (nSPS) is 11.4. The summed E-state index contributed by atoms with van der Waals surface area (Å²) < 4.78 is 44.7. The molecule has 0 spiro atoms. The van der Waals surface area contributed by atoms with Crippen LogP contribution in [0.25, 0.3) is 22.0 Å². The third-order valence-electron chi connectivity index (χ3n) is 4.48. The SMILES string of the molecule is COc1cc(F)c(C#N)cc1-c1nccc2cc(S(=O)(=O)Cc3nncs3)ccc12. The van der Waals surface area contributed by atoms with E-state index in [1.54, 1.807) is 18.2 Å². The van der Waals surface area contributed by atoms with Crippen LogP contribution in [0, 0.1) is 17.1 Å². The van der Waals surface area contributed by atoms with Crippen molar-refractivity contribution in [1.29, 1.82) is 5.26 Å². The molecule has 0 radical (unpaired) electrons. The molecule has 0 unspecified atom stereocenters. The smallest absolute Gasteiger partial charge is 0.184 e. The van der Waals surface area contributed by atoms with E-state index in [1.807, 2.05) is 6.07 Å². The molecule has 2 heterocycles. The fraction of sp³-hybridized carbons (Fsp3) is 0.100. The molecule has 0 aliphatic carbocycles. The highest BCUT2D eigenvalue weighted by Crippen LogP contribution is 2.36. The van der Waals surface area contributed by atoms with Gasteiger partial charge < -0.3 is 4.74 Å². The Bertz CT molecular complexity index is 1400. The van der Waals surface area contributed by atoms with Gasteiger partial charge in [-0.15, -0.1) is 21.5 Å². The maximum absolute atomic E-state index is 14.0. The topological polar surface area (TPSA) is 106 Å². The number of aromatic nitrogens is 3. The standard InChI is InChI=1S/C20H13FN4O3S2/c1-28-18-8-17(21)13(9-22)7-16(18)20-15-3-2-14(6-12(15)4-5-23-20)30(26,27)10-19-25-24-11-29-19/h2-8,11H,10H2,1H3. The zero-order chi connectivity index (χ0) is 21.3. The predicted octanol–water partition coefficient (Wildman–Crippen LogP) is 3.75. The van der Waals surface area contributed by atoms with Crippen LogP contribution < -0.4 is 4.74 Å². The fourth-order valence-electron chi connectivity index (χ4n) is 3.06. The molecular formula is C20H13FN4O3S2. The van der Waals surface area contributed by atoms with Crippen LogP contribution in [0.4, 0.5) is 4.39 Å². The van der Waals surface area contributed by atoms with Gasteiger partial charge in [-0.25, -0.2) is 12.8 Å². The number of hydrogen-bond acceptors (Lipinski definition) is 8. The first-order valence-electron chi connectivity index (χ1n) is 8.57. The lowest BCUT2D eigenvalue weighted by Crippen LogP contribution is -2.05. The molecule has 0 fully saturated rings. The number of nitrogens with zero attached hydrogens (tertiary/aromatic N) is 4. The van der Waals surface area contributed by atoms with Crippen molar-refractivity contribution in [2.75, 3.05) is 7.11 Å². The van der Waals surface area contributed by atoms with Crippen LogP contribution in [0.1, 0.15) is 10.6 Å². The Morgan fingerprint density at radius 3 is 2.77 bits per heavy atom. The van der Waals surface area contributed by atoms with E-state index in [-0.39, 0.29) is 22.0 Å². The number of fused-ring (bicyclic) bond motifs is 1. The van der Waals surface area contributed by atoms with Crippen molar-refractivity contribution >= 4 is 31.9 Å². The number of rotatable bonds is 5. The molecule has 10 heteroatoms. The quantitative estimate of drug-likeness (QED) is 0.465. The number of nitriles is 1. The predicted molar refractivity (Wildman–Crippen MR) is 109 cm³/mol. The Morgan fingerprint density at radius 2 is 2.07 bits per heavy atom. The molecule has 0 amide bonds. The minimum atomic E-state index is -3.61. The molecule has 4 rings (SSSR count). The van der Waals surface area contributed by atoms with Crippen molar-refractivity contribution in [3.8, 4) is 23.1 Å². The Morgan fingerprint density at radius 1 is 1.23 bits per heavy atom. The van der Waals surface area contributed by atoms with E-state index in [2.05, 4.69) is 15.2 Å². The highest BCUT2D eigenvalue weighted by atomic mass is 32.2. The van der Waals surface area contributed by atoms with E-state index >= 15 is 0 Å². The third kappa shape index (κ3) is 3.60. The third-order valence-corrected chi connectivity index (χ3v) is 6.98. The van der Waals surface area contributed by atoms with Crippen molar-refractivity contribution in [2.24, 2.45) is 0 Å². The van der Waals surface area contributed by atoms with E-state index in [1.165, 1.54) is 42.3 Å². The first kappa shape index (κ1) is 19.9. The zero-order valence-corrected chi connectivity index (χ0v) is 17.2. The van der Waals surface area contributed by atoms with Crippen LogP contribution in [0.15, 0.2) is 53.0 Å². The summed E-state index contributed by atoms with van der Waals surface area (Å²) in [4.78, 5) is 4.51. The second kappa shape index (κ2) is 7.78. The number of sulfone groups is 1. The zero-order valence-electron chi connectivity index (χ0n) is 15.5. The number of hydrogen-bond donors (Lipinski definition) is 0. The van der Waals surface area contributed by atoms with Gasteiger partial charge in [0.15, 0.2) is 9.84 Å². The maximum Gasteiger partial charge on any atom is 0.184 e. The summed E-state index contributed by atoms with van der Waals surface area (Å²) in [5, 5.41) is 18.3. The molecule has 0 saturated carbocycles. The summed E-state index contributed by atoms with van der Waals surface area (Å²) in [6.45, 7) is 0. The molecule has 0 N–H and O–H groups in total. The number of pyridine rings is 1. The van der Waals surface area contributed by atoms with Crippen LogP contribution in [-0.4, -0.2) is 30.7 Å². The van der Waals surface area contributed by atoms with Crippen molar-refractivity contribution in [2.45, 2.75) is 10.6 Å². The van der Waals surface area contributed by atoms with Crippen molar-refractivity contribution in [3.05, 3.63) is 64.5 Å². The molecule has 0 bridgehead atoms. The van der Waals surface area contributed by atoms with Gasteiger partial charge in [0.1, 0.15) is 33.9 Å². The number of methoxy groups -OCH3 is 1. The monoisotopic (exact) mass is 440 g/mol. The van der Waals surface area contributed by atoms with Gasteiger partial charge in [0.05, 0.1) is 23.3 Å². The van der Waals surface area contributed by atoms with Crippen molar-refractivity contribution in [3.63, 3.8) is 0 Å². The summed E-state index contributed by atoms with van der Waals surface area (Å²) in [7, 11) is -2.21. The van der Waals surface area contributed by atoms with Crippen LogP contribution in [0.2, 0.25) is 0 Å². The summed E-state index contributed by atoms with van der Waals surface area (Å²) in [6, 6.07) is 10.7. The minimum Gasteiger partial charge on any atom is -0.496 e. The highest BCUT2D eigenvalue weighted by Gasteiger charge is 2.20. The molecule has 30 heavy (non-hydrogen) atoms. The summed E-state index contributed by atoms with van der Waals surface area (Å²) in [6.07, 6.45) is 1.52. The number of halogens is 1. The molecule has 150 valence electrons. The van der Waals surface area contributed by atoms with Gasteiger partial charge in [0, 0.05) is 23.2 Å². The molecule has 2 aromatic heterocycles. The van der Waals surface area contributed by atoms with E-state index in [0.717, 1.165) is 6.07 Å². The van der Waals surface area contributed by atoms with Crippen LogP contribution in [0.3, 0.4) is 0 Å². The Labute approximate surface area is 175 Å². The van der Waals surface area contributed by atoms with E-state index in [0.29, 0.717) is 27.0 Å². The molecule has 0 aliphatic rings. The van der Waals surface area contributed by atoms with Gasteiger partial charge >= 0.3 is 0 Å². The summed E-state index contributed by atoms with van der Waals surface area (Å²) in [5.41, 5.74) is 2.23. The van der Waals surface area contributed by atoms with Crippen molar-refractivity contribution < 1.29 is 17.5 Å². The second-order valence-corrected chi connectivity index (χ2v) is 9.19. The molecule has 0 aliphatic heterocycles. The Balaban J connectivity index is 1.85. The van der Waals surface area contributed by atoms with Gasteiger partial charge in [-0.3, -0.25) is 4.98 Å². The lowest BCUT2D eigenvalue weighted by molar-refractivity contribution is 0.412. The molecule has 2 aromatic carbocycles. The highest BCUT2D eigenvalue weighted by molar-refractivity contribution is 7.90. The van der Waals surface area contributed by atoms with Crippen LogP contribution >= 0.6 is 11.3 Å². The first-order chi connectivity index (χ1) is 14.4. The largest absolute Gasteiger partial charge is 0.496 e. The molecule has 0 atom stereocenters. The first-order valence-corrected chi connectivity index (χ1v) is 11.1. The lowest BCUT2D eigenvalue weighted by Gasteiger charge is -2.12. The van der Waals surface area contributed by atoms with E-state index in [9.17, 15) is 18.1 Å². The van der Waals surface area contributed by atoms with E-state index < -0.39 is 15.7 Å². The summed E-state index contributed by atoms with van der Waals surface area (Å²) in [5.74, 6) is -0.707. The molecule has 0 saturated heterocycles. The maximum atomic E-state index is 14.0. The Kier molecular flexibility index (Phi) is 5.15. The van der Waals surface area contributed by atoms with Crippen LogP contribution in [0.5, 0.6) is 5.75 Å². The van der Waals surface area contributed by atoms with Gasteiger partial charge in [-0.2, -0.15) is 5.26 Å². The lowest BCUT2D eigenvalue weighted by atomic mass is 10.0. The fourth-order valence-corrected chi connectivity index (χ4v) is 5.24. The average molecular weight is 440 g/mol.